The summed E-state index contributed by atoms with van der Waals surface area (Å²) >= 11 is 0. The molecular weight excluding hydrogens is 116 g/mol. The van der Waals surface area contributed by atoms with Crippen LogP contribution in [0.25, 0.3) is 0 Å². The lowest BCUT2D eigenvalue weighted by Gasteiger charge is -2.10. The largest absolute Gasteiger partial charge is 0.385 e. The normalized spacial score (nSPS) is 16.8. The minimum Gasteiger partial charge on any atom is -0.385 e. The summed E-state index contributed by atoms with van der Waals surface area (Å²) in [6.45, 7) is 3.91. The highest BCUT2D eigenvalue weighted by Crippen LogP contribution is 2.07. The molecule has 0 saturated heterocycles. The zero-order chi connectivity index (χ0) is 7.28. The highest BCUT2D eigenvalue weighted by atomic mass is 16.3. The standard InChI is InChI=1S/C7H14O2/c1-3-4-6(2)7(9)5-8/h5-7,9H,3-4H2,1-2H3/t6-,7+/m0/s1. The lowest BCUT2D eigenvalue weighted by atomic mass is 10.0. The van der Waals surface area contributed by atoms with Crippen molar-refractivity contribution in [2.24, 2.45) is 5.92 Å². The van der Waals surface area contributed by atoms with Gasteiger partial charge in [-0.05, 0) is 12.3 Å². The zero-order valence-electron chi connectivity index (χ0n) is 6.00. The third-order valence-electron chi connectivity index (χ3n) is 1.47. The van der Waals surface area contributed by atoms with Gasteiger partial charge in [-0.25, -0.2) is 0 Å². The average molecular weight is 130 g/mol. The molecule has 0 heterocycles. The second-order valence-electron chi connectivity index (χ2n) is 2.39. The Morgan fingerprint density at radius 3 is 2.56 bits per heavy atom. The Hall–Kier alpha value is -0.370. The van der Waals surface area contributed by atoms with E-state index in [0.29, 0.717) is 6.29 Å². The van der Waals surface area contributed by atoms with Gasteiger partial charge in [0.1, 0.15) is 12.4 Å². The molecule has 0 aromatic rings. The Balaban J connectivity index is 3.44. The van der Waals surface area contributed by atoms with E-state index in [0.717, 1.165) is 12.8 Å². The van der Waals surface area contributed by atoms with Gasteiger partial charge < -0.3 is 9.90 Å². The molecule has 2 heteroatoms. The first-order valence-corrected chi connectivity index (χ1v) is 3.35. The van der Waals surface area contributed by atoms with Crippen LogP contribution in [0, 0.1) is 5.92 Å². The van der Waals surface area contributed by atoms with Crippen molar-refractivity contribution in [3.05, 3.63) is 0 Å². The first kappa shape index (κ1) is 8.63. The van der Waals surface area contributed by atoms with Crippen molar-refractivity contribution in [3.63, 3.8) is 0 Å². The van der Waals surface area contributed by atoms with E-state index in [1.165, 1.54) is 0 Å². The van der Waals surface area contributed by atoms with Gasteiger partial charge in [0.25, 0.3) is 0 Å². The summed E-state index contributed by atoms with van der Waals surface area (Å²) in [7, 11) is 0. The van der Waals surface area contributed by atoms with Gasteiger partial charge >= 0.3 is 0 Å². The molecule has 0 spiro atoms. The number of carbonyl (C=O) groups excluding carboxylic acids is 1. The number of hydrogen-bond acceptors (Lipinski definition) is 2. The summed E-state index contributed by atoms with van der Waals surface area (Å²) in [5.74, 6) is 0.118. The van der Waals surface area contributed by atoms with Gasteiger partial charge in [0, 0.05) is 0 Å². The Morgan fingerprint density at radius 1 is 1.67 bits per heavy atom. The molecule has 2 atom stereocenters. The van der Waals surface area contributed by atoms with Crippen LogP contribution in [0.4, 0.5) is 0 Å². The Labute approximate surface area is 55.9 Å². The smallest absolute Gasteiger partial charge is 0.148 e. The van der Waals surface area contributed by atoms with E-state index < -0.39 is 6.10 Å². The monoisotopic (exact) mass is 130 g/mol. The Kier molecular flexibility index (Phi) is 4.32. The molecule has 0 radical (unpaired) electrons. The molecule has 0 aromatic carbocycles. The van der Waals surface area contributed by atoms with Crippen molar-refractivity contribution in [1.29, 1.82) is 0 Å². The van der Waals surface area contributed by atoms with Gasteiger partial charge in [0.15, 0.2) is 0 Å². The highest BCUT2D eigenvalue weighted by molar-refractivity contribution is 5.55. The molecule has 0 saturated carbocycles. The van der Waals surface area contributed by atoms with E-state index in [2.05, 4.69) is 0 Å². The molecule has 0 aliphatic carbocycles. The lowest BCUT2D eigenvalue weighted by molar-refractivity contribution is -0.117. The fraction of sp³-hybridized carbons (Fsp3) is 0.857. The van der Waals surface area contributed by atoms with Crippen LogP contribution in [-0.2, 0) is 4.79 Å². The molecule has 0 fully saturated rings. The van der Waals surface area contributed by atoms with Crippen molar-refractivity contribution < 1.29 is 9.90 Å². The molecule has 54 valence electrons. The number of hydrogen-bond donors (Lipinski definition) is 1. The van der Waals surface area contributed by atoms with Crippen LogP contribution in [0.2, 0.25) is 0 Å². The van der Waals surface area contributed by atoms with Crippen LogP contribution in [-0.4, -0.2) is 17.5 Å². The average Bonchev–Trinajstić information content (AvgIpc) is 1.87. The van der Waals surface area contributed by atoms with E-state index in [9.17, 15) is 4.79 Å². The number of aliphatic hydroxyl groups is 1. The van der Waals surface area contributed by atoms with E-state index in [1.54, 1.807) is 0 Å². The van der Waals surface area contributed by atoms with Crippen LogP contribution >= 0.6 is 0 Å². The second kappa shape index (κ2) is 4.50. The maximum atomic E-state index is 9.97. The zero-order valence-corrected chi connectivity index (χ0v) is 6.00. The second-order valence-corrected chi connectivity index (χ2v) is 2.39. The van der Waals surface area contributed by atoms with Crippen LogP contribution < -0.4 is 0 Å². The van der Waals surface area contributed by atoms with Gasteiger partial charge in [0.05, 0.1) is 0 Å². The first-order valence-electron chi connectivity index (χ1n) is 3.35. The summed E-state index contributed by atoms with van der Waals surface area (Å²) in [6.07, 6.45) is 1.77. The van der Waals surface area contributed by atoms with E-state index in [4.69, 9.17) is 5.11 Å². The molecule has 9 heavy (non-hydrogen) atoms. The molecular formula is C7H14O2. The van der Waals surface area contributed by atoms with Crippen LogP contribution in [0.5, 0.6) is 0 Å². The molecule has 0 aliphatic rings. The van der Waals surface area contributed by atoms with E-state index in [-0.39, 0.29) is 5.92 Å². The Bertz CT molecular complexity index is 81.0. The maximum Gasteiger partial charge on any atom is 0.148 e. The fourth-order valence-corrected chi connectivity index (χ4v) is 0.760. The summed E-state index contributed by atoms with van der Waals surface area (Å²) < 4.78 is 0. The van der Waals surface area contributed by atoms with Gasteiger partial charge in [-0.3, -0.25) is 0 Å². The number of aldehydes is 1. The molecule has 0 rings (SSSR count). The SMILES string of the molecule is CCC[C@H](C)[C@H](O)C=O. The highest BCUT2D eigenvalue weighted by Gasteiger charge is 2.10. The van der Waals surface area contributed by atoms with E-state index >= 15 is 0 Å². The van der Waals surface area contributed by atoms with Gasteiger partial charge in [-0.2, -0.15) is 0 Å². The number of carbonyl (C=O) groups is 1. The summed E-state index contributed by atoms with van der Waals surface area (Å²) in [5.41, 5.74) is 0. The summed E-state index contributed by atoms with van der Waals surface area (Å²) in [6, 6.07) is 0. The van der Waals surface area contributed by atoms with Crippen molar-refractivity contribution in [2.75, 3.05) is 0 Å². The van der Waals surface area contributed by atoms with Crippen LogP contribution in [0.15, 0.2) is 0 Å². The molecule has 0 aromatic heterocycles. The van der Waals surface area contributed by atoms with Crippen molar-refractivity contribution in [3.8, 4) is 0 Å². The molecule has 0 amide bonds. The molecule has 1 N–H and O–H groups in total. The molecule has 0 unspecified atom stereocenters. The third kappa shape index (κ3) is 3.25. The van der Waals surface area contributed by atoms with Crippen molar-refractivity contribution >= 4 is 6.29 Å². The first-order chi connectivity index (χ1) is 4.22. The molecule has 0 bridgehead atoms. The number of aliphatic hydroxyl groups excluding tert-OH is 1. The number of rotatable bonds is 4. The third-order valence-corrected chi connectivity index (χ3v) is 1.47. The van der Waals surface area contributed by atoms with Gasteiger partial charge in [-0.1, -0.05) is 20.3 Å². The van der Waals surface area contributed by atoms with E-state index in [1.807, 2.05) is 13.8 Å². The predicted octanol–water partition coefficient (Wildman–Crippen LogP) is 0.982. The van der Waals surface area contributed by atoms with Crippen LogP contribution in [0.3, 0.4) is 0 Å². The molecule has 2 nitrogen and oxygen atoms in total. The van der Waals surface area contributed by atoms with Crippen LogP contribution in [0.1, 0.15) is 26.7 Å². The van der Waals surface area contributed by atoms with Crippen molar-refractivity contribution in [1.82, 2.24) is 0 Å². The Morgan fingerprint density at radius 2 is 2.22 bits per heavy atom. The summed E-state index contributed by atoms with van der Waals surface area (Å²) in [4.78, 5) is 9.97. The predicted molar refractivity (Wildman–Crippen MR) is 36.1 cm³/mol. The topological polar surface area (TPSA) is 37.3 Å². The van der Waals surface area contributed by atoms with Gasteiger partial charge in [0.2, 0.25) is 0 Å². The van der Waals surface area contributed by atoms with Crippen molar-refractivity contribution in [2.45, 2.75) is 32.8 Å². The minimum absolute atomic E-state index is 0.118. The lowest BCUT2D eigenvalue weighted by Crippen LogP contribution is -2.18. The summed E-state index contributed by atoms with van der Waals surface area (Å²) in [5, 5.41) is 8.89. The van der Waals surface area contributed by atoms with Gasteiger partial charge in [-0.15, -0.1) is 0 Å². The minimum atomic E-state index is -0.759. The fourth-order valence-electron chi connectivity index (χ4n) is 0.760. The quantitative estimate of drug-likeness (QED) is 0.576. The molecule has 0 aliphatic heterocycles. The maximum absolute atomic E-state index is 9.97.